The number of urea groups is 1. The second kappa shape index (κ2) is 8.88. The zero-order valence-electron chi connectivity index (χ0n) is 16.6. The lowest BCUT2D eigenvalue weighted by Gasteiger charge is -2.22. The summed E-state index contributed by atoms with van der Waals surface area (Å²) in [5.74, 6) is -0.219. The number of benzene rings is 1. The summed E-state index contributed by atoms with van der Waals surface area (Å²) < 4.78 is 5.41. The molecule has 1 aromatic rings. The standard InChI is InChI=1S/C20H27N5O3/c1-15-7-4-5-8-16(15)13-24-11-12-25-17(14-28-20(25)22-19(24)27)18(26)21-9-6-10-23(2)3/h4-5,7-8,14H,6,9-13H2,1-3H3,(H,21,26). The van der Waals surface area contributed by atoms with E-state index in [2.05, 4.69) is 15.2 Å². The molecule has 0 unspecified atom stereocenters. The van der Waals surface area contributed by atoms with Crippen LogP contribution in [0.4, 0.5) is 4.79 Å². The van der Waals surface area contributed by atoms with Crippen molar-refractivity contribution in [2.45, 2.75) is 19.9 Å². The van der Waals surface area contributed by atoms with Crippen molar-refractivity contribution in [2.75, 3.05) is 40.3 Å². The third kappa shape index (κ3) is 4.69. The highest BCUT2D eigenvalue weighted by atomic mass is 16.5. The molecule has 0 aromatic heterocycles. The Bertz CT molecular complexity index is 803. The summed E-state index contributed by atoms with van der Waals surface area (Å²) in [6.07, 6.45) is 2.22. The largest absolute Gasteiger partial charge is 0.431 e. The van der Waals surface area contributed by atoms with Gasteiger partial charge in [-0.2, -0.15) is 0 Å². The lowest BCUT2D eigenvalue weighted by molar-refractivity contribution is -0.118. The van der Waals surface area contributed by atoms with Crippen LogP contribution in [0.5, 0.6) is 0 Å². The van der Waals surface area contributed by atoms with Gasteiger partial charge in [0.1, 0.15) is 12.0 Å². The Morgan fingerprint density at radius 3 is 2.82 bits per heavy atom. The first-order chi connectivity index (χ1) is 13.5. The van der Waals surface area contributed by atoms with Gasteiger partial charge in [0.25, 0.3) is 5.91 Å². The van der Waals surface area contributed by atoms with E-state index in [1.54, 1.807) is 9.80 Å². The number of carbonyl (C=O) groups excluding carboxylic acids is 2. The molecule has 8 nitrogen and oxygen atoms in total. The predicted octanol–water partition coefficient (Wildman–Crippen LogP) is 1.53. The summed E-state index contributed by atoms with van der Waals surface area (Å²) >= 11 is 0. The van der Waals surface area contributed by atoms with Gasteiger partial charge in [-0.1, -0.05) is 24.3 Å². The molecule has 3 rings (SSSR count). The van der Waals surface area contributed by atoms with Crippen molar-refractivity contribution in [3.8, 4) is 0 Å². The maximum absolute atomic E-state index is 12.5. The number of fused-ring (bicyclic) bond motifs is 1. The highest BCUT2D eigenvalue weighted by Gasteiger charge is 2.33. The van der Waals surface area contributed by atoms with Crippen molar-refractivity contribution in [2.24, 2.45) is 4.99 Å². The van der Waals surface area contributed by atoms with Gasteiger partial charge in [-0.05, 0) is 45.1 Å². The third-order valence-corrected chi connectivity index (χ3v) is 4.78. The van der Waals surface area contributed by atoms with Crippen LogP contribution in [0.2, 0.25) is 0 Å². The zero-order chi connectivity index (χ0) is 20.1. The van der Waals surface area contributed by atoms with Crippen molar-refractivity contribution in [3.05, 3.63) is 47.4 Å². The van der Waals surface area contributed by atoms with E-state index < -0.39 is 0 Å². The summed E-state index contributed by atoms with van der Waals surface area (Å²) in [4.78, 5) is 34.5. The molecule has 0 fully saturated rings. The number of aliphatic imine (C=N–C) groups is 1. The smallest absolute Gasteiger partial charge is 0.348 e. The Morgan fingerprint density at radius 1 is 1.29 bits per heavy atom. The number of nitrogens with one attached hydrogen (secondary N) is 1. The SMILES string of the molecule is Cc1ccccc1CN1CCN2C(C(=O)NCCCN(C)C)=COC2=NC1=O. The number of hydrogen-bond acceptors (Lipinski definition) is 5. The summed E-state index contributed by atoms with van der Waals surface area (Å²) in [5.41, 5.74) is 2.59. The Labute approximate surface area is 165 Å². The highest BCUT2D eigenvalue weighted by Crippen LogP contribution is 2.20. The average molecular weight is 385 g/mol. The topological polar surface area (TPSA) is 77.5 Å². The van der Waals surface area contributed by atoms with E-state index >= 15 is 0 Å². The monoisotopic (exact) mass is 385 g/mol. The minimum absolute atomic E-state index is 0.163. The normalized spacial score (nSPS) is 16.4. The summed E-state index contributed by atoms with van der Waals surface area (Å²) in [6.45, 7) is 4.88. The molecule has 8 heteroatoms. The van der Waals surface area contributed by atoms with Crippen LogP contribution in [-0.4, -0.2) is 72.9 Å². The van der Waals surface area contributed by atoms with Crippen molar-refractivity contribution in [1.82, 2.24) is 20.0 Å². The average Bonchev–Trinajstić information content (AvgIpc) is 2.98. The number of rotatable bonds is 7. The van der Waals surface area contributed by atoms with Gasteiger partial charge in [-0.25, -0.2) is 4.79 Å². The van der Waals surface area contributed by atoms with Crippen LogP contribution in [0.1, 0.15) is 17.5 Å². The highest BCUT2D eigenvalue weighted by molar-refractivity contribution is 6.01. The molecule has 1 N–H and O–H groups in total. The molecule has 0 bridgehead atoms. The Balaban J connectivity index is 1.61. The first-order valence-electron chi connectivity index (χ1n) is 9.45. The van der Waals surface area contributed by atoms with E-state index in [0.29, 0.717) is 31.9 Å². The molecule has 1 aromatic carbocycles. The van der Waals surface area contributed by atoms with Crippen LogP contribution >= 0.6 is 0 Å². The van der Waals surface area contributed by atoms with Gasteiger partial charge in [0.2, 0.25) is 0 Å². The van der Waals surface area contributed by atoms with Crippen LogP contribution in [0.15, 0.2) is 41.2 Å². The maximum Gasteiger partial charge on any atom is 0.348 e. The molecule has 0 saturated heterocycles. The zero-order valence-corrected chi connectivity index (χ0v) is 16.6. The van der Waals surface area contributed by atoms with Gasteiger partial charge in [-0.15, -0.1) is 4.99 Å². The molecule has 0 radical (unpaired) electrons. The number of aryl methyl sites for hydroxylation is 1. The summed E-state index contributed by atoms with van der Waals surface area (Å²) in [7, 11) is 3.99. The van der Waals surface area contributed by atoms with Crippen LogP contribution in [0.3, 0.4) is 0 Å². The molecule has 28 heavy (non-hydrogen) atoms. The van der Waals surface area contributed by atoms with Gasteiger partial charge in [-0.3, -0.25) is 9.69 Å². The van der Waals surface area contributed by atoms with Gasteiger partial charge in [0, 0.05) is 26.2 Å². The van der Waals surface area contributed by atoms with Crippen molar-refractivity contribution >= 4 is 18.0 Å². The van der Waals surface area contributed by atoms with Crippen molar-refractivity contribution in [3.63, 3.8) is 0 Å². The van der Waals surface area contributed by atoms with Crippen molar-refractivity contribution in [1.29, 1.82) is 0 Å². The van der Waals surface area contributed by atoms with E-state index in [-0.39, 0.29) is 18.0 Å². The van der Waals surface area contributed by atoms with E-state index in [1.807, 2.05) is 45.3 Å². The lowest BCUT2D eigenvalue weighted by Crippen LogP contribution is -2.38. The molecule has 0 saturated carbocycles. The number of amides is 3. The van der Waals surface area contributed by atoms with E-state index in [1.165, 1.54) is 6.26 Å². The van der Waals surface area contributed by atoms with Crippen molar-refractivity contribution < 1.29 is 14.3 Å². The van der Waals surface area contributed by atoms with Gasteiger partial charge in [0.15, 0.2) is 0 Å². The van der Waals surface area contributed by atoms with Gasteiger partial charge >= 0.3 is 12.1 Å². The minimum Gasteiger partial charge on any atom is -0.431 e. The van der Waals surface area contributed by atoms with E-state index in [4.69, 9.17) is 4.74 Å². The second-order valence-corrected chi connectivity index (χ2v) is 7.21. The lowest BCUT2D eigenvalue weighted by atomic mass is 10.1. The number of hydrogen-bond donors (Lipinski definition) is 1. The second-order valence-electron chi connectivity index (χ2n) is 7.21. The fourth-order valence-electron chi connectivity index (χ4n) is 3.11. The number of carbonyl (C=O) groups is 2. The fourth-order valence-corrected chi connectivity index (χ4v) is 3.11. The molecule has 2 heterocycles. The number of amidine groups is 1. The Morgan fingerprint density at radius 2 is 2.07 bits per heavy atom. The first-order valence-corrected chi connectivity index (χ1v) is 9.45. The molecule has 150 valence electrons. The molecule has 0 aliphatic carbocycles. The Hall–Kier alpha value is -2.87. The maximum atomic E-state index is 12.5. The fraction of sp³-hybridized carbons (Fsp3) is 0.450. The van der Waals surface area contributed by atoms with Gasteiger partial charge in [0.05, 0.1) is 0 Å². The molecule has 3 amide bonds. The molecular weight excluding hydrogens is 358 g/mol. The van der Waals surface area contributed by atoms with Crippen LogP contribution in [-0.2, 0) is 16.1 Å². The first kappa shape index (κ1) is 19.9. The molecule has 2 aliphatic rings. The molecule has 0 spiro atoms. The molecule has 2 aliphatic heterocycles. The predicted molar refractivity (Wildman–Crippen MR) is 106 cm³/mol. The van der Waals surface area contributed by atoms with Crippen LogP contribution < -0.4 is 5.32 Å². The van der Waals surface area contributed by atoms with Crippen LogP contribution in [0.25, 0.3) is 0 Å². The van der Waals surface area contributed by atoms with Crippen LogP contribution in [0, 0.1) is 6.92 Å². The number of ether oxygens (including phenoxy) is 1. The Kier molecular flexibility index (Phi) is 6.30. The molecular formula is C20H27N5O3. The quantitative estimate of drug-likeness (QED) is 0.721. The van der Waals surface area contributed by atoms with E-state index in [9.17, 15) is 9.59 Å². The van der Waals surface area contributed by atoms with E-state index in [0.717, 1.165) is 24.1 Å². The number of nitrogens with zero attached hydrogens (tertiary/aromatic N) is 4. The minimum atomic E-state index is -0.359. The third-order valence-electron chi connectivity index (χ3n) is 4.78. The summed E-state index contributed by atoms with van der Waals surface area (Å²) in [5, 5.41) is 2.89. The summed E-state index contributed by atoms with van der Waals surface area (Å²) in [6, 6.07) is 7.76. The molecule has 0 atom stereocenters. The van der Waals surface area contributed by atoms with Gasteiger partial charge < -0.3 is 19.9 Å².